The zero-order valence-corrected chi connectivity index (χ0v) is 19.3. The average Bonchev–Trinajstić information content (AvgIpc) is 2.86. The van der Waals surface area contributed by atoms with Crippen LogP contribution in [-0.4, -0.2) is 18.7 Å². The molecular formula is C29H27N3O2. The third-order valence-corrected chi connectivity index (χ3v) is 5.31. The van der Waals surface area contributed by atoms with Crippen LogP contribution in [0.2, 0.25) is 0 Å². The van der Waals surface area contributed by atoms with E-state index in [9.17, 15) is 4.79 Å². The van der Waals surface area contributed by atoms with Crippen LogP contribution in [0.1, 0.15) is 16.7 Å². The first-order valence-electron chi connectivity index (χ1n) is 11.1. The Kier molecular flexibility index (Phi) is 7.35. The molecule has 1 amide bonds. The molecule has 0 aliphatic carbocycles. The molecule has 0 aliphatic rings. The number of anilines is 3. The second-order valence-corrected chi connectivity index (χ2v) is 8.00. The lowest BCUT2D eigenvalue weighted by molar-refractivity contribution is -0.118. The maximum Gasteiger partial charge on any atom is 0.262 e. The van der Waals surface area contributed by atoms with Crippen molar-refractivity contribution >= 4 is 34.9 Å². The molecule has 0 spiro atoms. The van der Waals surface area contributed by atoms with E-state index in [2.05, 4.69) is 15.6 Å². The van der Waals surface area contributed by atoms with E-state index in [1.54, 1.807) is 6.21 Å². The monoisotopic (exact) mass is 449 g/mol. The summed E-state index contributed by atoms with van der Waals surface area (Å²) in [6, 6.07) is 31.3. The number of aryl methyl sites for hydroxylation is 2. The van der Waals surface area contributed by atoms with Crippen LogP contribution in [0.25, 0.3) is 0 Å². The Morgan fingerprint density at radius 2 is 1.53 bits per heavy atom. The Morgan fingerprint density at radius 1 is 0.794 bits per heavy atom. The van der Waals surface area contributed by atoms with Crippen molar-refractivity contribution in [3.05, 3.63) is 114 Å². The van der Waals surface area contributed by atoms with Crippen molar-refractivity contribution in [2.24, 2.45) is 4.99 Å². The summed E-state index contributed by atoms with van der Waals surface area (Å²) in [6.07, 6.45) is 1.78. The van der Waals surface area contributed by atoms with Crippen LogP contribution < -0.4 is 15.4 Å². The highest BCUT2D eigenvalue weighted by Gasteiger charge is 2.05. The first kappa shape index (κ1) is 22.8. The Hall–Kier alpha value is -4.38. The van der Waals surface area contributed by atoms with Crippen LogP contribution in [0.4, 0.5) is 22.7 Å². The molecule has 0 unspecified atom stereocenters. The lowest BCUT2D eigenvalue weighted by Gasteiger charge is -2.09. The number of hydrogen-bond donors (Lipinski definition) is 2. The minimum absolute atomic E-state index is 0.0661. The van der Waals surface area contributed by atoms with Crippen LogP contribution >= 0.6 is 0 Å². The molecule has 0 bridgehead atoms. The van der Waals surface area contributed by atoms with Crippen LogP contribution in [0.5, 0.6) is 5.75 Å². The number of ether oxygens (including phenoxy) is 1. The first-order valence-corrected chi connectivity index (χ1v) is 11.1. The fourth-order valence-corrected chi connectivity index (χ4v) is 3.32. The van der Waals surface area contributed by atoms with Gasteiger partial charge in [0.05, 0.1) is 5.69 Å². The maximum absolute atomic E-state index is 12.3. The van der Waals surface area contributed by atoms with Gasteiger partial charge >= 0.3 is 0 Å². The number of nitrogens with zero attached hydrogens (tertiary/aromatic N) is 1. The largest absolute Gasteiger partial charge is 0.484 e. The lowest BCUT2D eigenvalue weighted by atomic mass is 10.1. The van der Waals surface area contributed by atoms with Crippen molar-refractivity contribution < 1.29 is 9.53 Å². The van der Waals surface area contributed by atoms with Gasteiger partial charge in [-0.2, -0.15) is 0 Å². The number of carbonyl (C=O) groups excluding carboxylic acids is 1. The van der Waals surface area contributed by atoms with E-state index in [0.29, 0.717) is 5.75 Å². The zero-order valence-electron chi connectivity index (χ0n) is 19.3. The topological polar surface area (TPSA) is 62.7 Å². The predicted octanol–water partition coefficient (Wildman–Crippen LogP) is 6.82. The van der Waals surface area contributed by atoms with Crippen LogP contribution in [-0.2, 0) is 4.79 Å². The summed E-state index contributed by atoms with van der Waals surface area (Å²) < 4.78 is 5.68. The fraction of sp³-hybridized carbons (Fsp3) is 0.103. The third-order valence-electron chi connectivity index (χ3n) is 5.31. The maximum atomic E-state index is 12.3. The molecule has 2 N–H and O–H groups in total. The fourth-order valence-electron chi connectivity index (χ4n) is 3.32. The highest BCUT2D eigenvalue weighted by Crippen LogP contribution is 2.21. The molecule has 0 saturated carbocycles. The Balaban J connectivity index is 1.31. The summed E-state index contributed by atoms with van der Waals surface area (Å²) in [4.78, 5) is 16.8. The van der Waals surface area contributed by atoms with Gasteiger partial charge in [0.15, 0.2) is 6.61 Å². The molecule has 4 aromatic carbocycles. The van der Waals surface area contributed by atoms with Crippen molar-refractivity contribution in [3.8, 4) is 5.75 Å². The van der Waals surface area contributed by atoms with Gasteiger partial charge in [0.25, 0.3) is 5.91 Å². The molecule has 4 rings (SSSR count). The van der Waals surface area contributed by atoms with Gasteiger partial charge < -0.3 is 15.4 Å². The van der Waals surface area contributed by atoms with Crippen molar-refractivity contribution in [1.82, 2.24) is 0 Å². The van der Waals surface area contributed by atoms with E-state index in [1.165, 1.54) is 5.56 Å². The van der Waals surface area contributed by atoms with Crippen molar-refractivity contribution in [2.45, 2.75) is 13.8 Å². The number of para-hydroxylation sites is 1. The van der Waals surface area contributed by atoms with Gasteiger partial charge in [0, 0.05) is 23.3 Å². The summed E-state index contributed by atoms with van der Waals surface area (Å²) >= 11 is 0. The Bertz CT molecular complexity index is 1280. The summed E-state index contributed by atoms with van der Waals surface area (Å²) in [5.74, 6) is 0.410. The quantitative estimate of drug-likeness (QED) is 0.290. The Labute approximate surface area is 200 Å². The lowest BCUT2D eigenvalue weighted by Crippen LogP contribution is -2.20. The summed E-state index contributed by atoms with van der Waals surface area (Å²) in [7, 11) is 0. The molecule has 5 heteroatoms. The molecule has 0 aliphatic heterocycles. The number of benzene rings is 4. The van der Waals surface area contributed by atoms with Crippen LogP contribution in [0, 0.1) is 13.8 Å². The van der Waals surface area contributed by atoms with Gasteiger partial charge in [-0.3, -0.25) is 9.79 Å². The first-order chi connectivity index (χ1) is 16.5. The number of aliphatic imine (C=N–C) groups is 1. The molecule has 170 valence electrons. The highest BCUT2D eigenvalue weighted by atomic mass is 16.5. The third kappa shape index (κ3) is 6.56. The van der Waals surface area contributed by atoms with Crippen LogP contribution in [0.15, 0.2) is 102 Å². The number of rotatable bonds is 8. The van der Waals surface area contributed by atoms with Gasteiger partial charge in [-0.1, -0.05) is 36.4 Å². The van der Waals surface area contributed by atoms with Gasteiger partial charge in [0.2, 0.25) is 0 Å². The van der Waals surface area contributed by atoms with Crippen LogP contribution in [0.3, 0.4) is 0 Å². The normalized spacial score (nSPS) is 10.8. The number of hydrogen-bond acceptors (Lipinski definition) is 4. The standard InChI is InChI=1S/C29H27N3O2/c1-21-11-12-27(17-22(21)2)32-29(33)20-34-28-10-6-7-23(18-28)19-30-24-13-15-26(16-14-24)31-25-8-4-3-5-9-25/h3-19,31H,20H2,1-2H3,(H,32,33). The van der Waals surface area contributed by atoms with Gasteiger partial charge in [-0.25, -0.2) is 0 Å². The zero-order chi connectivity index (χ0) is 23.8. The van der Waals surface area contributed by atoms with E-state index in [0.717, 1.165) is 33.9 Å². The average molecular weight is 450 g/mol. The summed E-state index contributed by atoms with van der Waals surface area (Å²) in [6.45, 7) is 3.99. The molecule has 0 atom stereocenters. The second kappa shape index (κ2) is 11.0. The predicted molar refractivity (Wildman–Crippen MR) is 140 cm³/mol. The van der Waals surface area contributed by atoms with E-state index >= 15 is 0 Å². The van der Waals surface area contributed by atoms with E-state index in [4.69, 9.17) is 4.74 Å². The molecule has 0 radical (unpaired) electrons. The number of carbonyl (C=O) groups is 1. The second-order valence-electron chi connectivity index (χ2n) is 8.00. The number of amides is 1. The SMILES string of the molecule is Cc1ccc(NC(=O)COc2cccc(C=Nc3ccc(Nc4ccccc4)cc3)c2)cc1C. The van der Waals surface area contributed by atoms with Gasteiger partial charge in [-0.15, -0.1) is 0 Å². The van der Waals surface area contributed by atoms with Crippen molar-refractivity contribution in [3.63, 3.8) is 0 Å². The summed E-state index contributed by atoms with van der Waals surface area (Å²) in [5, 5.41) is 6.22. The van der Waals surface area contributed by atoms with Crippen molar-refractivity contribution in [2.75, 3.05) is 17.2 Å². The summed E-state index contributed by atoms with van der Waals surface area (Å²) in [5.41, 5.74) is 6.86. The molecule has 4 aromatic rings. The minimum Gasteiger partial charge on any atom is -0.484 e. The number of nitrogens with one attached hydrogen (secondary N) is 2. The molecule has 0 heterocycles. The molecule has 34 heavy (non-hydrogen) atoms. The molecular weight excluding hydrogens is 422 g/mol. The molecule has 0 saturated heterocycles. The highest BCUT2D eigenvalue weighted by molar-refractivity contribution is 5.92. The van der Waals surface area contributed by atoms with E-state index in [-0.39, 0.29) is 12.5 Å². The van der Waals surface area contributed by atoms with Crippen molar-refractivity contribution in [1.29, 1.82) is 0 Å². The smallest absolute Gasteiger partial charge is 0.262 e. The van der Waals surface area contributed by atoms with E-state index in [1.807, 2.05) is 111 Å². The van der Waals surface area contributed by atoms with Gasteiger partial charge in [0.1, 0.15) is 5.75 Å². The molecule has 0 fully saturated rings. The minimum atomic E-state index is -0.202. The van der Waals surface area contributed by atoms with Gasteiger partial charge in [-0.05, 0) is 91.2 Å². The molecule has 0 aromatic heterocycles. The Morgan fingerprint density at radius 3 is 2.29 bits per heavy atom. The molecule has 5 nitrogen and oxygen atoms in total. The van der Waals surface area contributed by atoms with E-state index < -0.39 is 0 Å².